The van der Waals surface area contributed by atoms with Crippen molar-refractivity contribution in [3.8, 4) is 5.75 Å². The van der Waals surface area contributed by atoms with Crippen molar-refractivity contribution in [2.45, 2.75) is 40.2 Å². The molecular formula is C21H26N2O3. The van der Waals surface area contributed by atoms with Crippen LogP contribution in [0.25, 0.3) is 0 Å². The molecule has 0 heterocycles. The van der Waals surface area contributed by atoms with Crippen LogP contribution in [0.1, 0.15) is 41.8 Å². The second-order valence-electron chi connectivity index (χ2n) is 6.36. The molecule has 0 radical (unpaired) electrons. The molecule has 2 amide bonds. The average molecular weight is 354 g/mol. The lowest BCUT2D eigenvalue weighted by atomic mass is 10.1. The van der Waals surface area contributed by atoms with Crippen LogP contribution in [0, 0.1) is 13.8 Å². The Morgan fingerprint density at radius 3 is 2.54 bits per heavy atom. The maximum absolute atomic E-state index is 12.4. The summed E-state index contributed by atoms with van der Waals surface area (Å²) in [5.74, 6) is 0.170. The van der Waals surface area contributed by atoms with Gasteiger partial charge in [-0.15, -0.1) is 0 Å². The quantitative estimate of drug-likeness (QED) is 0.794. The Morgan fingerprint density at radius 1 is 1.08 bits per heavy atom. The van der Waals surface area contributed by atoms with Crippen LogP contribution in [0.15, 0.2) is 42.5 Å². The fourth-order valence-corrected chi connectivity index (χ4v) is 2.40. The normalized spacial score (nSPS) is 11.5. The van der Waals surface area contributed by atoms with Crippen molar-refractivity contribution in [3.05, 3.63) is 59.2 Å². The SMILES string of the molecule is CCC(C)NC(=O)c1ccccc1NC(=O)COc1cccc(C)c1C. The molecule has 0 spiro atoms. The molecule has 0 aliphatic heterocycles. The fourth-order valence-electron chi connectivity index (χ4n) is 2.40. The number of amides is 2. The van der Waals surface area contributed by atoms with E-state index in [4.69, 9.17) is 4.74 Å². The number of hydrogen-bond donors (Lipinski definition) is 2. The minimum atomic E-state index is -0.310. The van der Waals surface area contributed by atoms with Crippen LogP contribution in [0.5, 0.6) is 5.75 Å². The third kappa shape index (κ3) is 5.09. The molecule has 0 aromatic heterocycles. The predicted octanol–water partition coefficient (Wildman–Crippen LogP) is 3.85. The van der Waals surface area contributed by atoms with Crippen molar-refractivity contribution >= 4 is 17.5 Å². The highest BCUT2D eigenvalue weighted by Gasteiger charge is 2.15. The Balaban J connectivity index is 2.03. The molecule has 2 rings (SSSR count). The highest BCUT2D eigenvalue weighted by Crippen LogP contribution is 2.21. The van der Waals surface area contributed by atoms with Gasteiger partial charge in [-0.2, -0.15) is 0 Å². The van der Waals surface area contributed by atoms with E-state index in [9.17, 15) is 9.59 Å². The smallest absolute Gasteiger partial charge is 0.262 e. The second-order valence-corrected chi connectivity index (χ2v) is 6.36. The summed E-state index contributed by atoms with van der Waals surface area (Å²) in [6, 6.07) is 12.7. The summed E-state index contributed by atoms with van der Waals surface area (Å²) < 4.78 is 5.62. The number of hydrogen-bond acceptors (Lipinski definition) is 3. The van der Waals surface area contributed by atoms with E-state index in [-0.39, 0.29) is 24.5 Å². The lowest BCUT2D eigenvalue weighted by Crippen LogP contribution is -2.33. The topological polar surface area (TPSA) is 67.4 Å². The first-order valence-electron chi connectivity index (χ1n) is 8.81. The maximum Gasteiger partial charge on any atom is 0.262 e. The minimum absolute atomic E-state index is 0.0684. The summed E-state index contributed by atoms with van der Waals surface area (Å²) >= 11 is 0. The molecule has 0 aliphatic carbocycles. The Labute approximate surface area is 154 Å². The molecule has 0 aliphatic rings. The first kappa shape index (κ1) is 19.5. The Kier molecular flexibility index (Phi) is 6.78. The number of carbonyl (C=O) groups excluding carboxylic acids is 2. The van der Waals surface area contributed by atoms with Gasteiger partial charge in [0.2, 0.25) is 0 Å². The summed E-state index contributed by atoms with van der Waals surface area (Å²) in [6.45, 7) is 7.78. The van der Waals surface area contributed by atoms with Crippen LogP contribution in [0.2, 0.25) is 0 Å². The molecule has 0 bridgehead atoms. The summed E-state index contributed by atoms with van der Waals surface area (Å²) in [7, 11) is 0. The first-order chi connectivity index (χ1) is 12.4. The van der Waals surface area contributed by atoms with Crippen LogP contribution in [-0.2, 0) is 4.79 Å². The van der Waals surface area contributed by atoms with Gasteiger partial charge in [0.15, 0.2) is 6.61 Å². The summed E-state index contributed by atoms with van der Waals surface area (Å²) in [5.41, 5.74) is 3.03. The molecule has 26 heavy (non-hydrogen) atoms. The van der Waals surface area contributed by atoms with E-state index in [1.165, 1.54) is 0 Å². The van der Waals surface area contributed by atoms with Crippen LogP contribution < -0.4 is 15.4 Å². The van der Waals surface area contributed by atoms with Crippen molar-refractivity contribution in [1.29, 1.82) is 0 Å². The van der Waals surface area contributed by atoms with Gasteiger partial charge >= 0.3 is 0 Å². The monoisotopic (exact) mass is 354 g/mol. The van der Waals surface area contributed by atoms with Crippen molar-refractivity contribution in [2.24, 2.45) is 0 Å². The molecule has 0 fully saturated rings. The molecule has 2 aromatic rings. The highest BCUT2D eigenvalue weighted by molar-refractivity contribution is 6.04. The largest absolute Gasteiger partial charge is 0.483 e. The summed E-state index contributed by atoms with van der Waals surface area (Å²) in [4.78, 5) is 24.7. The highest BCUT2D eigenvalue weighted by atomic mass is 16.5. The molecule has 2 N–H and O–H groups in total. The van der Waals surface area contributed by atoms with Gasteiger partial charge in [0.1, 0.15) is 5.75 Å². The number of ether oxygens (including phenoxy) is 1. The van der Waals surface area contributed by atoms with E-state index >= 15 is 0 Å². The molecule has 0 saturated carbocycles. The van der Waals surface area contributed by atoms with E-state index in [2.05, 4.69) is 10.6 Å². The van der Waals surface area contributed by atoms with Gasteiger partial charge < -0.3 is 15.4 Å². The Morgan fingerprint density at radius 2 is 1.81 bits per heavy atom. The minimum Gasteiger partial charge on any atom is -0.483 e. The van der Waals surface area contributed by atoms with Crippen LogP contribution in [-0.4, -0.2) is 24.5 Å². The van der Waals surface area contributed by atoms with Crippen molar-refractivity contribution in [1.82, 2.24) is 5.32 Å². The van der Waals surface area contributed by atoms with E-state index in [0.29, 0.717) is 17.0 Å². The van der Waals surface area contributed by atoms with Gasteiger partial charge in [-0.05, 0) is 56.5 Å². The van der Waals surface area contributed by atoms with Gasteiger partial charge in [-0.1, -0.05) is 31.2 Å². The Hall–Kier alpha value is -2.82. The number of nitrogens with one attached hydrogen (secondary N) is 2. The lowest BCUT2D eigenvalue weighted by molar-refractivity contribution is -0.118. The molecule has 5 nitrogen and oxygen atoms in total. The zero-order valence-corrected chi connectivity index (χ0v) is 15.8. The average Bonchev–Trinajstić information content (AvgIpc) is 2.63. The van der Waals surface area contributed by atoms with Gasteiger partial charge in [0, 0.05) is 6.04 Å². The third-order valence-corrected chi connectivity index (χ3v) is 4.35. The number of anilines is 1. The molecule has 5 heteroatoms. The van der Waals surface area contributed by atoms with Gasteiger partial charge in [0.05, 0.1) is 11.3 Å². The zero-order chi connectivity index (χ0) is 19.1. The summed E-state index contributed by atoms with van der Waals surface area (Å²) in [5, 5.41) is 5.67. The molecule has 0 saturated heterocycles. The standard InChI is InChI=1S/C21H26N2O3/c1-5-15(3)22-21(25)17-10-6-7-11-18(17)23-20(24)13-26-19-12-8-9-14(2)16(19)4/h6-12,15H,5,13H2,1-4H3,(H,22,25)(H,23,24). The van der Waals surface area contributed by atoms with E-state index in [1.54, 1.807) is 24.3 Å². The molecular weight excluding hydrogens is 328 g/mol. The molecule has 2 aromatic carbocycles. The van der Waals surface area contributed by atoms with Crippen LogP contribution >= 0.6 is 0 Å². The predicted molar refractivity (Wildman–Crippen MR) is 104 cm³/mol. The summed E-state index contributed by atoms with van der Waals surface area (Å²) in [6.07, 6.45) is 0.837. The number of para-hydroxylation sites is 1. The van der Waals surface area contributed by atoms with Gasteiger partial charge in [-0.25, -0.2) is 0 Å². The fraction of sp³-hybridized carbons (Fsp3) is 0.333. The van der Waals surface area contributed by atoms with Gasteiger partial charge in [-0.3, -0.25) is 9.59 Å². The lowest BCUT2D eigenvalue weighted by Gasteiger charge is -2.15. The maximum atomic E-state index is 12.4. The molecule has 1 atom stereocenters. The van der Waals surface area contributed by atoms with Crippen molar-refractivity contribution < 1.29 is 14.3 Å². The van der Waals surface area contributed by atoms with Crippen LogP contribution in [0.3, 0.4) is 0 Å². The molecule has 1 unspecified atom stereocenters. The van der Waals surface area contributed by atoms with E-state index in [0.717, 1.165) is 17.5 Å². The van der Waals surface area contributed by atoms with E-state index in [1.807, 2.05) is 45.9 Å². The van der Waals surface area contributed by atoms with E-state index < -0.39 is 0 Å². The first-order valence-corrected chi connectivity index (χ1v) is 8.81. The van der Waals surface area contributed by atoms with Crippen molar-refractivity contribution in [2.75, 3.05) is 11.9 Å². The van der Waals surface area contributed by atoms with Crippen molar-refractivity contribution in [3.63, 3.8) is 0 Å². The van der Waals surface area contributed by atoms with Gasteiger partial charge in [0.25, 0.3) is 11.8 Å². The Bertz CT molecular complexity index is 787. The number of rotatable bonds is 7. The second kappa shape index (κ2) is 9.04. The molecule has 138 valence electrons. The number of aryl methyl sites for hydroxylation is 1. The third-order valence-electron chi connectivity index (χ3n) is 4.35. The number of benzene rings is 2. The van der Waals surface area contributed by atoms with Crippen LogP contribution in [0.4, 0.5) is 5.69 Å². The zero-order valence-electron chi connectivity index (χ0n) is 15.8. The number of carbonyl (C=O) groups is 2.